The predicted molar refractivity (Wildman–Crippen MR) is 100 cm³/mol. The van der Waals surface area contributed by atoms with Crippen molar-refractivity contribution < 1.29 is 9.59 Å². The van der Waals surface area contributed by atoms with E-state index in [-0.39, 0.29) is 0 Å². The number of rotatable bonds is 7. The SMILES string of the molecule is NCc1cc(-c2ccc(NC=O)c3[nH]ccc23)ccc1NC=CC=O. The van der Waals surface area contributed by atoms with Crippen LogP contribution >= 0.6 is 0 Å². The zero-order valence-corrected chi connectivity index (χ0v) is 13.5. The largest absolute Gasteiger partial charge is 0.361 e. The summed E-state index contributed by atoms with van der Waals surface area (Å²) in [6, 6.07) is 11.8. The molecule has 5 N–H and O–H groups in total. The Kier molecular flexibility index (Phi) is 4.92. The summed E-state index contributed by atoms with van der Waals surface area (Å²) in [7, 11) is 0. The lowest BCUT2D eigenvalue weighted by Crippen LogP contribution is -2.02. The monoisotopic (exact) mass is 334 g/mol. The van der Waals surface area contributed by atoms with Crippen LogP contribution in [0.3, 0.4) is 0 Å². The van der Waals surface area contributed by atoms with Gasteiger partial charge in [0.05, 0.1) is 11.2 Å². The van der Waals surface area contributed by atoms with Crippen molar-refractivity contribution in [1.29, 1.82) is 0 Å². The van der Waals surface area contributed by atoms with Crippen LogP contribution in [-0.4, -0.2) is 17.7 Å². The van der Waals surface area contributed by atoms with Crippen molar-refractivity contribution >= 4 is 35.0 Å². The number of hydrogen-bond acceptors (Lipinski definition) is 4. The van der Waals surface area contributed by atoms with Gasteiger partial charge in [0.25, 0.3) is 0 Å². The molecule has 0 saturated carbocycles. The molecule has 0 fully saturated rings. The van der Waals surface area contributed by atoms with Crippen LogP contribution in [0.1, 0.15) is 5.56 Å². The fraction of sp³-hybridized carbons (Fsp3) is 0.0526. The predicted octanol–water partition coefficient (Wildman–Crippen LogP) is 2.99. The fourth-order valence-corrected chi connectivity index (χ4v) is 2.84. The number of nitrogens with one attached hydrogen (secondary N) is 3. The van der Waals surface area contributed by atoms with Crippen molar-refractivity contribution in [2.24, 2.45) is 5.73 Å². The first kappa shape index (κ1) is 16.5. The second kappa shape index (κ2) is 7.46. The number of aromatic nitrogens is 1. The van der Waals surface area contributed by atoms with Gasteiger partial charge in [-0.2, -0.15) is 0 Å². The van der Waals surface area contributed by atoms with E-state index in [4.69, 9.17) is 5.73 Å². The van der Waals surface area contributed by atoms with Crippen LogP contribution in [0.25, 0.3) is 22.0 Å². The molecule has 1 heterocycles. The van der Waals surface area contributed by atoms with Gasteiger partial charge in [0.1, 0.15) is 6.29 Å². The normalized spacial score (nSPS) is 10.9. The smallest absolute Gasteiger partial charge is 0.211 e. The molecule has 6 nitrogen and oxygen atoms in total. The molecule has 0 spiro atoms. The van der Waals surface area contributed by atoms with E-state index in [2.05, 4.69) is 15.6 Å². The number of anilines is 2. The molecule has 1 amide bonds. The van der Waals surface area contributed by atoms with Crippen LogP contribution in [0, 0.1) is 0 Å². The van der Waals surface area contributed by atoms with Crippen LogP contribution in [0.15, 0.2) is 54.9 Å². The molecule has 1 aromatic heterocycles. The van der Waals surface area contributed by atoms with E-state index in [1.54, 1.807) is 6.20 Å². The van der Waals surface area contributed by atoms with Crippen molar-refractivity contribution in [3.63, 3.8) is 0 Å². The highest BCUT2D eigenvalue weighted by Crippen LogP contribution is 2.34. The first-order valence-corrected chi connectivity index (χ1v) is 7.79. The van der Waals surface area contributed by atoms with Crippen LogP contribution in [0.2, 0.25) is 0 Å². The Morgan fingerprint density at radius 3 is 2.64 bits per heavy atom. The summed E-state index contributed by atoms with van der Waals surface area (Å²) in [5.74, 6) is 0. The average molecular weight is 334 g/mol. The lowest BCUT2D eigenvalue weighted by Gasteiger charge is -2.12. The molecule has 0 aliphatic rings. The third-order valence-electron chi connectivity index (χ3n) is 3.99. The first-order chi connectivity index (χ1) is 12.3. The van der Waals surface area contributed by atoms with Crippen molar-refractivity contribution in [2.45, 2.75) is 6.54 Å². The standard InChI is InChI=1S/C19H18N4O2/c20-11-14-10-13(2-4-17(14)21-7-1-9-24)15-3-5-18(23-12-25)19-16(15)6-8-22-19/h1-10,12,21-22H,11,20H2,(H,23,25). The number of allylic oxidation sites excluding steroid dienone is 1. The zero-order valence-electron chi connectivity index (χ0n) is 13.5. The maximum atomic E-state index is 10.8. The molecule has 6 heteroatoms. The molecule has 0 atom stereocenters. The number of amides is 1. The van der Waals surface area contributed by atoms with Gasteiger partial charge in [0.15, 0.2) is 0 Å². The summed E-state index contributed by atoms with van der Waals surface area (Å²) in [6.07, 6.45) is 6.17. The third kappa shape index (κ3) is 3.29. The molecule has 0 aliphatic carbocycles. The van der Waals surface area contributed by atoms with E-state index in [9.17, 15) is 9.59 Å². The number of benzene rings is 2. The molecule has 3 rings (SSSR count). The van der Waals surface area contributed by atoms with E-state index in [1.165, 1.54) is 6.08 Å². The van der Waals surface area contributed by atoms with E-state index < -0.39 is 0 Å². The van der Waals surface area contributed by atoms with Gasteiger partial charge in [0.2, 0.25) is 6.41 Å². The Hall–Kier alpha value is -3.38. The highest BCUT2D eigenvalue weighted by molar-refractivity contribution is 6.03. The highest BCUT2D eigenvalue weighted by atomic mass is 16.1. The number of aromatic amines is 1. The minimum absolute atomic E-state index is 0.367. The Labute approximate surface area is 144 Å². The molecular formula is C19H18N4O2. The molecule has 0 radical (unpaired) electrons. The second-order valence-corrected chi connectivity index (χ2v) is 5.40. The van der Waals surface area contributed by atoms with Crippen molar-refractivity contribution in [2.75, 3.05) is 10.6 Å². The van der Waals surface area contributed by atoms with E-state index in [0.29, 0.717) is 19.2 Å². The molecular weight excluding hydrogens is 316 g/mol. The molecule has 0 bridgehead atoms. The van der Waals surface area contributed by atoms with Crippen molar-refractivity contribution in [3.05, 3.63) is 60.4 Å². The van der Waals surface area contributed by atoms with Crippen LogP contribution in [0.5, 0.6) is 0 Å². The summed E-state index contributed by atoms with van der Waals surface area (Å²) in [6.45, 7) is 0.367. The minimum atomic E-state index is 0.367. The second-order valence-electron chi connectivity index (χ2n) is 5.40. The Bertz CT molecular complexity index is 944. The molecule has 126 valence electrons. The number of H-pyrrole nitrogens is 1. The van der Waals surface area contributed by atoms with Gasteiger partial charge >= 0.3 is 0 Å². The van der Waals surface area contributed by atoms with Gasteiger partial charge in [-0.1, -0.05) is 12.1 Å². The highest BCUT2D eigenvalue weighted by Gasteiger charge is 2.10. The number of carbonyl (C=O) groups excluding carboxylic acids is 2. The van der Waals surface area contributed by atoms with Gasteiger partial charge < -0.3 is 21.4 Å². The van der Waals surface area contributed by atoms with E-state index in [1.807, 2.05) is 42.6 Å². The molecule has 2 aromatic carbocycles. The summed E-state index contributed by atoms with van der Waals surface area (Å²) in [5.41, 5.74) is 11.3. The fourth-order valence-electron chi connectivity index (χ4n) is 2.84. The lowest BCUT2D eigenvalue weighted by molar-refractivity contribution is -0.105. The molecule has 0 unspecified atom stereocenters. The number of fused-ring (bicyclic) bond motifs is 1. The van der Waals surface area contributed by atoms with E-state index >= 15 is 0 Å². The summed E-state index contributed by atoms with van der Waals surface area (Å²) >= 11 is 0. The van der Waals surface area contributed by atoms with Gasteiger partial charge in [-0.25, -0.2) is 0 Å². The summed E-state index contributed by atoms with van der Waals surface area (Å²) in [5, 5.41) is 6.76. The number of hydrogen-bond donors (Lipinski definition) is 4. The van der Waals surface area contributed by atoms with Gasteiger partial charge in [-0.05, 0) is 47.0 Å². The van der Waals surface area contributed by atoms with Crippen LogP contribution < -0.4 is 16.4 Å². The quantitative estimate of drug-likeness (QED) is 0.394. The maximum absolute atomic E-state index is 10.8. The van der Waals surface area contributed by atoms with Gasteiger partial charge in [-0.3, -0.25) is 9.59 Å². The molecule has 0 aliphatic heterocycles. The van der Waals surface area contributed by atoms with E-state index in [0.717, 1.165) is 39.0 Å². The van der Waals surface area contributed by atoms with Crippen molar-refractivity contribution in [1.82, 2.24) is 4.98 Å². The first-order valence-electron chi connectivity index (χ1n) is 7.79. The summed E-state index contributed by atoms with van der Waals surface area (Å²) in [4.78, 5) is 24.3. The van der Waals surface area contributed by atoms with Crippen LogP contribution in [0.4, 0.5) is 11.4 Å². The zero-order chi connectivity index (χ0) is 17.6. The topological polar surface area (TPSA) is 100 Å². The van der Waals surface area contributed by atoms with Crippen molar-refractivity contribution in [3.8, 4) is 11.1 Å². The Morgan fingerprint density at radius 1 is 1.04 bits per heavy atom. The third-order valence-corrected chi connectivity index (χ3v) is 3.99. The average Bonchev–Trinajstić information content (AvgIpc) is 3.13. The minimum Gasteiger partial charge on any atom is -0.361 e. The van der Waals surface area contributed by atoms with Crippen LogP contribution in [-0.2, 0) is 16.1 Å². The lowest BCUT2D eigenvalue weighted by atomic mass is 9.98. The van der Waals surface area contributed by atoms with Gasteiger partial charge in [0, 0.05) is 30.0 Å². The number of aldehydes is 1. The maximum Gasteiger partial charge on any atom is 0.211 e. The molecule has 0 saturated heterocycles. The number of carbonyl (C=O) groups is 2. The Morgan fingerprint density at radius 2 is 1.88 bits per heavy atom. The number of nitrogens with two attached hydrogens (primary N) is 1. The molecule has 25 heavy (non-hydrogen) atoms. The Balaban J connectivity index is 2.05. The molecule has 3 aromatic rings. The van der Waals surface area contributed by atoms with Gasteiger partial charge in [-0.15, -0.1) is 0 Å². The summed E-state index contributed by atoms with van der Waals surface area (Å²) < 4.78 is 0.